The molecule has 138 valence electrons. The molecule has 27 heavy (non-hydrogen) atoms. The van der Waals surface area contributed by atoms with Crippen LogP contribution in [0.25, 0.3) is 11.3 Å². The molecular weight excluding hydrogens is 358 g/mol. The summed E-state index contributed by atoms with van der Waals surface area (Å²) in [6.45, 7) is 2.08. The minimum absolute atomic E-state index is 0.0996. The maximum atomic E-state index is 12.4. The van der Waals surface area contributed by atoms with Gasteiger partial charge in [0, 0.05) is 16.8 Å². The number of para-hydroxylation sites is 1. The second-order valence-corrected chi connectivity index (χ2v) is 7.09. The molecular formula is C21H21N3O2S. The van der Waals surface area contributed by atoms with Gasteiger partial charge in [-0.2, -0.15) is 0 Å². The van der Waals surface area contributed by atoms with Gasteiger partial charge < -0.3 is 10.1 Å². The van der Waals surface area contributed by atoms with Crippen LogP contribution in [0.4, 0.5) is 5.69 Å². The Kier molecular flexibility index (Phi) is 6.44. The molecule has 2 aromatic carbocycles. The standard InChI is InChI=1S/C21H21N3O2S/c1-3-27-21-12-11-18(23-24-21)15-8-6-9-17(13-15)22-20(25)14-16-7-4-5-10-19(16)26-2/h4-13H,3,14H2,1-2H3,(H,22,25). The second kappa shape index (κ2) is 9.19. The number of hydrogen-bond acceptors (Lipinski definition) is 5. The van der Waals surface area contributed by atoms with Gasteiger partial charge in [0.25, 0.3) is 0 Å². The normalized spacial score (nSPS) is 10.4. The van der Waals surface area contributed by atoms with Gasteiger partial charge in [0.1, 0.15) is 10.8 Å². The Morgan fingerprint density at radius 3 is 2.67 bits per heavy atom. The van der Waals surface area contributed by atoms with Crippen molar-refractivity contribution in [3.63, 3.8) is 0 Å². The molecule has 0 radical (unpaired) electrons. The van der Waals surface area contributed by atoms with Crippen LogP contribution in [0.1, 0.15) is 12.5 Å². The van der Waals surface area contributed by atoms with Gasteiger partial charge in [-0.25, -0.2) is 0 Å². The third kappa shape index (κ3) is 5.08. The van der Waals surface area contributed by atoms with Crippen molar-refractivity contribution in [1.29, 1.82) is 0 Å². The lowest BCUT2D eigenvalue weighted by molar-refractivity contribution is -0.115. The molecule has 0 aliphatic heterocycles. The van der Waals surface area contributed by atoms with Gasteiger partial charge >= 0.3 is 0 Å². The van der Waals surface area contributed by atoms with Crippen LogP contribution >= 0.6 is 11.8 Å². The Labute approximate surface area is 163 Å². The van der Waals surface area contributed by atoms with E-state index in [0.29, 0.717) is 5.75 Å². The zero-order valence-electron chi connectivity index (χ0n) is 15.3. The number of nitrogens with one attached hydrogen (secondary N) is 1. The summed E-state index contributed by atoms with van der Waals surface area (Å²) in [6.07, 6.45) is 0.247. The molecule has 0 fully saturated rings. The fourth-order valence-electron chi connectivity index (χ4n) is 2.68. The van der Waals surface area contributed by atoms with E-state index in [1.54, 1.807) is 18.9 Å². The Balaban J connectivity index is 1.71. The van der Waals surface area contributed by atoms with Crippen LogP contribution in [0.15, 0.2) is 65.7 Å². The molecule has 0 bridgehead atoms. The summed E-state index contributed by atoms with van der Waals surface area (Å²) in [7, 11) is 1.60. The molecule has 3 rings (SSSR count). The first kappa shape index (κ1) is 18.9. The van der Waals surface area contributed by atoms with Crippen molar-refractivity contribution in [2.24, 2.45) is 0 Å². The van der Waals surface area contributed by atoms with Gasteiger partial charge in [-0.1, -0.05) is 37.3 Å². The number of anilines is 1. The second-order valence-electron chi connectivity index (χ2n) is 5.81. The van der Waals surface area contributed by atoms with E-state index < -0.39 is 0 Å². The number of amides is 1. The number of carbonyl (C=O) groups excluding carboxylic acids is 1. The molecule has 0 aliphatic carbocycles. The van der Waals surface area contributed by atoms with Gasteiger partial charge in [0.15, 0.2) is 0 Å². The highest BCUT2D eigenvalue weighted by atomic mass is 32.2. The molecule has 5 nitrogen and oxygen atoms in total. The number of nitrogens with zero attached hydrogens (tertiary/aromatic N) is 2. The van der Waals surface area contributed by atoms with Crippen LogP contribution in [0, 0.1) is 0 Å². The number of methoxy groups -OCH3 is 1. The average Bonchev–Trinajstić information content (AvgIpc) is 2.69. The molecule has 3 aromatic rings. The molecule has 0 saturated heterocycles. The largest absolute Gasteiger partial charge is 0.496 e. The third-order valence-electron chi connectivity index (χ3n) is 3.92. The van der Waals surface area contributed by atoms with Crippen molar-refractivity contribution in [2.75, 3.05) is 18.2 Å². The number of aromatic nitrogens is 2. The van der Waals surface area contributed by atoms with Crippen molar-refractivity contribution >= 4 is 23.4 Å². The van der Waals surface area contributed by atoms with Crippen molar-refractivity contribution in [3.05, 3.63) is 66.2 Å². The molecule has 1 aromatic heterocycles. The van der Waals surface area contributed by atoms with E-state index in [9.17, 15) is 4.79 Å². The Bertz CT molecular complexity index is 913. The van der Waals surface area contributed by atoms with E-state index in [1.807, 2.05) is 60.7 Å². The lowest BCUT2D eigenvalue weighted by atomic mass is 10.1. The monoisotopic (exact) mass is 379 g/mol. The minimum Gasteiger partial charge on any atom is -0.496 e. The van der Waals surface area contributed by atoms with Crippen LogP contribution in [0.2, 0.25) is 0 Å². The molecule has 0 aliphatic rings. The fourth-order valence-corrected chi connectivity index (χ4v) is 3.24. The van der Waals surface area contributed by atoms with Crippen molar-refractivity contribution in [3.8, 4) is 17.0 Å². The van der Waals surface area contributed by atoms with Crippen LogP contribution in [-0.4, -0.2) is 29.0 Å². The fraction of sp³-hybridized carbons (Fsp3) is 0.190. The first-order valence-electron chi connectivity index (χ1n) is 8.68. The summed E-state index contributed by atoms with van der Waals surface area (Å²) < 4.78 is 5.30. The number of thioether (sulfide) groups is 1. The predicted molar refractivity (Wildman–Crippen MR) is 109 cm³/mol. The Hall–Kier alpha value is -2.86. The number of rotatable bonds is 7. The Morgan fingerprint density at radius 2 is 1.93 bits per heavy atom. The van der Waals surface area contributed by atoms with E-state index in [-0.39, 0.29) is 12.3 Å². The smallest absolute Gasteiger partial charge is 0.228 e. The zero-order chi connectivity index (χ0) is 19.1. The topological polar surface area (TPSA) is 64.1 Å². The van der Waals surface area contributed by atoms with Gasteiger partial charge in [-0.05, 0) is 36.1 Å². The SMILES string of the molecule is CCSc1ccc(-c2cccc(NC(=O)Cc3ccccc3OC)c2)nn1. The molecule has 0 saturated carbocycles. The predicted octanol–water partition coefficient (Wildman–Crippen LogP) is 4.45. The zero-order valence-corrected chi connectivity index (χ0v) is 16.1. The molecule has 1 heterocycles. The number of ether oxygens (including phenoxy) is 1. The number of hydrogen-bond donors (Lipinski definition) is 1. The minimum atomic E-state index is -0.0996. The van der Waals surface area contributed by atoms with Crippen molar-refractivity contribution < 1.29 is 9.53 Å². The summed E-state index contributed by atoms with van der Waals surface area (Å²) in [5, 5.41) is 12.3. The van der Waals surface area contributed by atoms with Crippen LogP contribution in [0.3, 0.4) is 0 Å². The molecule has 0 unspecified atom stereocenters. The summed E-state index contributed by atoms with van der Waals surface area (Å²) in [5.74, 6) is 1.57. The maximum Gasteiger partial charge on any atom is 0.228 e. The maximum absolute atomic E-state index is 12.4. The van der Waals surface area contributed by atoms with E-state index in [0.717, 1.165) is 33.3 Å². The molecule has 6 heteroatoms. The highest BCUT2D eigenvalue weighted by molar-refractivity contribution is 7.99. The van der Waals surface area contributed by atoms with Crippen molar-refractivity contribution in [1.82, 2.24) is 10.2 Å². The first-order chi connectivity index (χ1) is 13.2. The first-order valence-corrected chi connectivity index (χ1v) is 9.67. The number of benzene rings is 2. The lowest BCUT2D eigenvalue weighted by Gasteiger charge is -2.10. The highest BCUT2D eigenvalue weighted by Gasteiger charge is 2.09. The lowest BCUT2D eigenvalue weighted by Crippen LogP contribution is -2.14. The van der Waals surface area contributed by atoms with E-state index >= 15 is 0 Å². The Morgan fingerprint density at radius 1 is 1.07 bits per heavy atom. The highest BCUT2D eigenvalue weighted by Crippen LogP contribution is 2.23. The summed E-state index contributed by atoms with van der Waals surface area (Å²) in [6, 6.07) is 19.0. The molecule has 1 N–H and O–H groups in total. The van der Waals surface area contributed by atoms with E-state index in [1.165, 1.54) is 0 Å². The van der Waals surface area contributed by atoms with Crippen molar-refractivity contribution in [2.45, 2.75) is 18.4 Å². The summed E-state index contributed by atoms with van der Waals surface area (Å²) in [4.78, 5) is 12.4. The van der Waals surface area contributed by atoms with Gasteiger partial charge in [-0.15, -0.1) is 22.0 Å². The van der Waals surface area contributed by atoms with E-state index in [4.69, 9.17) is 4.74 Å². The van der Waals surface area contributed by atoms with Gasteiger partial charge in [-0.3, -0.25) is 4.79 Å². The summed E-state index contributed by atoms with van der Waals surface area (Å²) in [5.41, 5.74) is 3.26. The van der Waals surface area contributed by atoms with Crippen LogP contribution in [-0.2, 0) is 11.2 Å². The third-order valence-corrected chi connectivity index (χ3v) is 4.72. The van der Waals surface area contributed by atoms with Crippen LogP contribution < -0.4 is 10.1 Å². The number of carbonyl (C=O) groups is 1. The molecule has 0 atom stereocenters. The summed E-state index contributed by atoms with van der Waals surface area (Å²) >= 11 is 1.65. The van der Waals surface area contributed by atoms with Gasteiger partial charge in [0.2, 0.25) is 5.91 Å². The van der Waals surface area contributed by atoms with Gasteiger partial charge in [0.05, 0.1) is 19.2 Å². The average molecular weight is 379 g/mol. The quantitative estimate of drug-likeness (QED) is 0.615. The molecule has 1 amide bonds. The van der Waals surface area contributed by atoms with Crippen LogP contribution in [0.5, 0.6) is 5.75 Å². The van der Waals surface area contributed by atoms with E-state index in [2.05, 4.69) is 22.4 Å². The molecule has 0 spiro atoms.